The van der Waals surface area contributed by atoms with Crippen LogP contribution in [0.5, 0.6) is 0 Å². The predicted octanol–water partition coefficient (Wildman–Crippen LogP) is 1.78. The SMILES string of the molecule is COCO[C@H]1[C@H](OCOC)[C@@]2(C(=O)O)OC[C@]3(C=CC4=C(C)C(=O)CC[C@]4(C)[C@@H]13)[C@H]2CC(=O)O. The summed E-state index contributed by atoms with van der Waals surface area (Å²) in [7, 11) is 2.88. The van der Waals surface area contributed by atoms with Gasteiger partial charge in [0, 0.05) is 37.9 Å². The summed E-state index contributed by atoms with van der Waals surface area (Å²) in [6.45, 7) is 3.47. The van der Waals surface area contributed by atoms with Crippen LogP contribution in [0.4, 0.5) is 0 Å². The molecule has 2 bridgehead atoms. The molecule has 2 fully saturated rings. The zero-order valence-corrected chi connectivity index (χ0v) is 19.9. The Morgan fingerprint density at radius 3 is 2.47 bits per heavy atom. The first-order chi connectivity index (χ1) is 16.1. The minimum Gasteiger partial charge on any atom is -0.481 e. The maximum Gasteiger partial charge on any atom is 0.339 e. The Morgan fingerprint density at radius 1 is 1.18 bits per heavy atom. The standard InChI is InChI=1S/C24H32O10/c1-13-14-5-8-23-10-34-24(21(28)29,16(23)9-17(26)27)20(33-12-31-4)18(32-11-30-3)19(23)22(14,2)7-6-15(13)25/h5,8,16,18-20H,6-7,9-12H2,1-4H3,(H,26,27)(H,28,29)/t16-,18-,19-,20+,22+,23-,24+/m1/s1. The van der Waals surface area contributed by atoms with Crippen molar-refractivity contribution < 1.29 is 48.3 Å². The summed E-state index contributed by atoms with van der Waals surface area (Å²) in [6.07, 6.45) is 2.13. The van der Waals surface area contributed by atoms with E-state index in [2.05, 4.69) is 0 Å². The van der Waals surface area contributed by atoms with E-state index in [1.807, 2.05) is 19.1 Å². The van der Waals surface area contributed by atoms with Gasteiger partial charge < -0.3 is 33.9 Å². The van der Waals surface area contributed by atoms with E-state index >= 15 is 0 Å². The van der Waals surface area contributed by atoms with Crippen molar-refractivity contribution in [3.05, 3.63) is 23.3 Å². The first kappa shape index (κ1) is 25.0. The molecule has 0 unspecified atom stereocenters. The van der Waals surface area contributed by atoms with E-state index in [-0.39, 0.29) is 26.0 Å². The number of carboxylic acid groups (broad SMARTS) is 2. The molecule has 188 valence electrons. The highest BCUT2D eigenvalue weighted by molar-refractivity contribution is 5.97. The fraction of sp³-hybridized carbons (Fsp3) is 0.708. The zero-order valence-electron chi connectivity index (χ0n) is 19.9. The third-order valence-corrected chi connectivity index (χ3v) is 8.37. The van der Waals surface area contributed by atoms with Crippen molar-refractivity contribution in [3.8, 4) is 0 Å². The number of hydrogen-bond donors (Lipinski definition) is 2. The summed E-state index contributed by atoms with van der Waals surface area (Å²) in [5.74, 6) is -3.74. The minimum atomic E-state index is -1.97. The van der Waals surface area contributed by atoms with Crippen LogP contribution in [-0.4, -0.2) is 80.2 Å². The molecule has 1 saturated carbocycles. The largest absolute Gasteiger partial charge is 0.481 e. The Balaban J connectivity index is 2.00. The number of carboxylic acids is 2. The third kappa shape index (κ3) is 3.30. The van der Waals surface area contributed by atoms with Gasteiger partial charge >= 0.3 is 11.9 Å². The highest BCUT2D eigenvalue weighted by Gasteiger charge is 2.78. The smallest absolute Gasteiger partial charge is 0.339 e. The predicted molar refractivity (Wildman–Crippen MR) is 116 cm³/mol. The van der Waals surface area contributed by atoms with E-state index in [0.717, 1.165) is 5.57 Å². The Labute approximate surface area is 197 Å². The van der Waals surface area contributed by atoms with Crippen LogP contribution in [0.1, 0.15) is 33.1 Å². The Bertz CT molecular complexity index is 940. The van der Waals surface area contributed by atoms with E-state index in [9.17, 15) is 24.6 Å². The van der Waals surface area contributed by atoms with E-state index in [1.165, 1.54) is 14.2 Å². The number of ketones is 1. The van der Waals surface area contributed by atoms with Crippen LogP contribution in [0.2, 0.25) is 0 Å². The second-order valence-electron chi connectivity index (χ2n) is 9.87. The van der Waals surface area contributed by atoms with E-state index in [1.54, 1.807) is 6.92 Å². The number of carbonyl (C=O) groups is 3. The van der Waals surface area contributed by atoms with E-state index in [4.69, 9.17) is 23.7 Å². The van der Waals surface area contributed by atoms with Crippen LogP contribution < -0.4 is 0 Å². The molecule has 1 heterocycles. The number of aliphatic carboxylic acids is 2. The molecule has 0 aromatic heterocycles. The van der Waals surface area contributed by atoms with Crippen molar-refractivity contribution in [2.75, 3.05) is 34.4 Å². The molecule has 4 rings (SSSR count). The maximum absolute atomic E-state index is 12.8. The van der Waals surface area contributed by atoms with Gasteiger partial charge in [0.15, 0.2) is 11.4 Å². The number of Topliss-reactive ketones (excluding diaryl/α,β-unsaturated/α-hetero) is 1. The average Bonchev–Trinajstić information content (AvgIpc) is 3.01. The molecule has 0 aromatic carbocycles. The van der Waals surface area contributed by atoms with Gasteiger partial charge in [-0.25, -0.2) is 4.79 Å². The van der Waals surface area contributed by atoms with Gasteiger partial charge in [-0.05, 0) is 29.9 Å². The quantitative estimate of drug-likeness (QED) is 0.470. The number of carbonyl (C=O) groups excluding carboxylic acids is 1. The fourth-order valence-corrected chi connectivity index (χ4v) is 7.07. The number of hydrogen-bond acceptors (Lipinski definition) is 8. The number of ether oxygens (including phenoxy) is 5. The van der Waals surface area contributed by atoms with Crippen molar-refractivity contribution in [3.63, 3.8) is 0 Å². The molecule has 7 atom stereocenters. The summed E-state index contributed by atoms with van der Waals surface area (Å²) >= 11 is 0. The summed E-state index contributed by atoms with van der Waals surface area (Å²) in [4.78, 5) is 37.4. The minimum absolute atomic E-state index is 0.00599. The van der Waals surface area contributed by atoms with Gasteiger partial charge in [0.25, 0.3) is 0 Å². The molecule has 1 saturated heterocycles. The fourth-order valence-electron chi connectivity index (χ4n) is 7.07. The zero-order chi connectivity index (χ0) is 24.9. The highest BCUT2D eigenvalue weighted by atomic mass is 16.7. The first-order valence-electron chi connectivity index (χ1n) is 11.3. The Morgan fingerprint density at radius 2 is 1.85 bits per heavy atom. The molecule has 4 aliphatic rings. The lowest BCUT2D eigenvalue weighted by Gasteiger charge is -2.61. The first-order valence-corrected chi connectivity index (χ1v) is 11.3. The van der Waals surface area contributed by atoms with Gasteiger partial charge in [-0.15, -0.1) is 0 Å². The summed E-state index contributed by atoms with van der Waals surface area (Å²) in [5, 5.41) is 20.3. The van der Waals surface area contributed by atoms with Crippen LogP contribution in [0.25, 0.3) is 0 Å². The average molecular weight is 481 g/mol. The third-order valence-electron chi connectivity index (χ3n) is 8.37. The van der Waals surface area contributed by atoms with Crippen molar-refractivity contribution in [1.29, 1.82) is 0 Å². The summed E-state index contributed by atoms with van der Waals surface area (Å²) < 4.78 is 28.5. The number of rotatable bonds is 9. The topological polar surface area (TPSA) is 138 Å². The van der Waals surface area contributed by atoms with Crippen molar-refractivity contribution in [2.45, 2.75) is 50.9 Å². The lowest BCUT2D eigenvalue weighted by Crippen LogP contribution is -2.71. The Kier molecular flexibility index (Phi) is 6.50. The van der Waals surface area contributed by atoms with Crippen molar-refractivity contribution in [1.82, 2.24) is 0 Å². The molecule has 0 radical (unpaired) electrons. The van der Waals surface area contributed by atoms with Gasteiger partial charge in [0.2, 0.25) is 0 Å². The molecule has 1 spiro atoms. The molecule has 2 N–H and O–H groups in total. The second kappa shape index (κ2) is 8.83. The van der Waals surface area contributed by atoms with Crippen LogP contribution in [0.15, 0.2) is 23.3 Å². The van der Waals surface area contributed by atoms with E-state index < -0.39 is 58.8 Å². The lowest BCUT2D eigenvalue weighted by atomic mass is 9.43. The molecule has 1 aliphatic heterocycles. The van der Waals surface area contributed by atoms with Crippen LogP contribution >= 0.6 is 0 Å². The number of fused-ring (bicyclic) bond motifs is 3. The van der Waals surface area contributed by atoms with E-state index in [0.29, 0.717) is 18.4 Å². The van der Waals surface area contributed by atoms with Crippen LogP contribution in [0.3, 0.4) is 0 Å². The van der Waals surface area contributed by atoms with Gasteiger partial charge in [0.05, 0.1) is 19.1 Å². The lowest BCUT2D eigenvalue weighted by molar-refractivity contribution is -0.264. The second-order valence-corrected chi connectivity index (χ2v) is 9.87. The van der Waals surface area contributed by atoms with Gasteiger partial charge in [-0.1, -0.05) is 19.1 Å². The molecule has 10 heteroatoms. The summed E-state index contributed by atoms with van der Waals surface area (Å²) in [6, 6.07) is 0. The Hall–Kier alpha value is -2.11. The molecular weight excluding hydrogens is 448 g/mol. The molecule has 3 aliphatic carbocycles. The van der Waals surface area contributed by atoms with Gasteiger partial charge in [-0.2, -0.15) is 0 Å². The molecular formula is C24H32O10. The van der Waals surface area contributed by atoms with Crippen LogP contribution in [0, 0.1) is 22.7 Å². The molecule has 0 aromatic rings. The van der Waals surface area contributed by atoms with Gasteiger partial charge in [0.1, 0.15) is 19.7 Å². The monoisotopic (exact) mass is 480 g/mol. The number of methoxy groups -OCH3 is 2. The molecule has 0 amide bonds. The molecule has 10 nitrogen and oxygen atoms in total. The van der Waals surface area contributed by atoms with Gasteiger partial charge in [-0.3, -0.25) is 9.59 Å². The van der Waals surface area contributed by atoms with Crippen molar-refractivity contribution in [2.24, 2.45) is 22.7 Å². The van der Waals surface area contributed by atoms with Crippen LogP contribution in [-0.2, 0) is 38.1 Å². The highest BCUT2D eigenvalue weighted by Crippen LogP contribution is 2.69. The maximum atomic E-state index is 12.8. The number of allylic oxidation sites excluding steroid dienone is 3. The molecule has 34 heavy (non-hydrogen) atoms. The normalized spacial score (nSPS) is 40.8. The summed E-state index contributed by atoms with van der Waals surface area (Å²) in [5.41, 5.74) is -2.01. The van der Waals surface area contributed by atoms with Crippen molar-refractivity contribution >= 4 is 17.7 Å².